The van der Waals surface area contributed by atoms with Crippen molar-refractivity contribution in [3.63, 3.8) is 0 Å². The molecule has 0 aliphatic heterocycles. The number of carbonyl (C=O) groups is 1. The third kappa shape index (κ3) is 3.43. The lowest BCUT2D eigenvalue weighted by atomic mass is 10.1. The van der Waals surface area contributed by atoms with Gasteiger partial charge in [-0.15, -0.1) is 0 Å². The van der Waals surface area contributed by atoms with E-state index in [4.69, 9.17) is 5.73 Å². The fraction of sp³-hybridized carbons (Fsp3) is 0.0588. The van der Waals surface area contributed by atoms with Crippen molar-refractivity contribution in [1.29, 1.82) is 0 Å². The number of nitrogen functional groups attached to an aromatic ring is 1. The molecule has 3 N–H and O–H groups in total. The van der Waals surface area contributed by atoms with Crippen LogP contribution >= 0.6 is 15.9 Å². The highest BCUT2D eigenvalue weighted by molar-refractivity contribution is 9.10. The van der Waals surface area contributed by atoms with Crippen molar-refractivity contribution in [2.24, 2.45) is 0 Å². The van der Waals surface area contributed by atoms with Gasteiger partial charge in [-0.3, -0.25) is 9.78 Å². The molecule has 0 fully saturated rings. The zero-order chi connectivity index (χ0) is 15.5. The standard InChI is InChI=1S/C17H14BrN3O/c18-12-2-1-3-14(9-12)21-17(22)10-15-6-4-11-8-13(19)5-7-16(11)20-15/h1-9H,10,19H2,(H,21,22). The fourth-order valence-corrected chi connectivity index (χ4v) is 2.62. The Kier molecular flexibility index (Phi) is 4.06. The summed E-state index contributed by atoms with van der Waals surface area (Å²) in [6, 6.07) is 16.8. The van der Waals surface area contributed by atoms with Crippen LogP contribution in [0.5, 0.6) is 0 Å². The van der Waals surface area contributed by atoms with Gasteiger partial charge < -0.3 is 11.1 Å². The number of halogens is 1. The minimum absolute atomic E-state index is 0.0969. The Bertz CT molecular complexity index is 848. The number of anilines is 2. The van der Waals surface area contributed by atoms with Crippen molar-refractivity contribution in [3.8, 4) is 0 Å². The van der Waals surface area contributed by atoms with Gasteiger partial charge in [-0.05, 0) is 42.5 Å². The Balaban J connectivity index is 1.75. The molecule has 3 rings (SSSR count). The van der Waals surface area contributed by atoms with E-state index in [0.717, 1.165) is 26.8 Å². The minimum Gasteiger partial charge on any atom is -0.399 e. The van der Waals surface area contributed by atoms with Crippen LogP contribution in [0.15, 0.2) is 59.1 Å². The van der Waals surface area contributed by atoms with Crippen LogP contribution in [0.3, 0.4) is 0 Å². The smallest absolute Gasteiger partial charge is 0.230 e. The van der Waals surface area contributed by atoms with Gasteiger partial charge in [-0.2, -0.15) is 0 Å². The van der Waals surface area contributed by atoms with E-state index in [9.17, 15) is 4.79 Å². The first kappa shape index (κ1) is 14.5. The van der Waals surface area contributed by atoms with Crippen molar-refractivity contribution in [2.45, 2.75) is 6.42 Å². The van der Waals surface area contributed by atoms with Crippen LogP contribution in [0.25, 0.3) is 10.9 Å². The topological polar surface area (TPSA) is 68.0 Å². The van der Waals surface area contributed by atoms with Gasteiger partial charge in [-0.25, -0.2) is 0 Å². The van der Waals surface area contributed by atoms with E-state index < -0.39 is 0 Å². The molecule has 0 saturated carbocycles. The van der Waals surface area contributed by atoms with E-state index in [1.807, 2.05) is 48.5 Å². The third-order valence-corrected chi connectivity index (χ3v) is 3.71. The van der Waals surface area contributed by atoms with Crippen LogP contribution < -0.4 is 11.1 Å². The molecular weight excluding hydrogens is 342 g/mol. The van der Waals surface area contributed by atoms with Crippen molar-refractivity contribution in [3.05, 3.63) is 64.8 Å². The number of amides is 1. The van der Waals surface area contributed by atoms with Crippen LogP contribution in [0.1, 0.15) is 5.69 Å². The zero-order valence-electron chi connectivity index (χ0n) is 11.7. The fourth-order valence-electron chi connectivity index (χ4n) is 2.22. The van der Waals surface area contributed by atoms with E-state index in [1.54, 1.807) is 6.07 Å². The molecule has 0 spiro atoms. The maximum atomic E-state index is 12.1. The predicted molar refractivity (Wildman–Crippen MR) is 92.6 cm³/mol. The van der Waals surface area contributed by atoms with Gasteiger partial charge in [0, 0.05) is 21.2 Å². The van der Waals surface area contributed by atoms with E-state index in [0.29, 0.717) is 5.69 Å². The summed E-state index contributed by atoms with van der Waals surface area (Å²) in [5.41, 5.74) is 8.77. The molecule has 3 aromatic rings. The summed E-state index contributed by atoms with van der Waals surface area (Å²) in [4.78, 5) is 16.6. The van der Waals surface area contributed by atoms with Crippen LogP contribution in [0.4, 0.5) is 11.4 Å². The minimum atomic E-state index is -0.0969. The highest BCUT2D eigenvalue weighted by Gasteiger charge is 2.06. The van der Waals surface area contributed by atoms with Gasteiger partial charge in [0.2, 0.25) is 5.91 Å². The zero-order valence-corrected chi connectivity index (χ0v) is 13.3. The molecule has 5 heteroatoms. The molecule has 1 amide bonds. The number of hydrogen-bond acceptors (Lipinski definition) is 3. The predicted octanol–water partition coefficient (Wildman–Crippen LogP) is 3.76. The first-order valence-corrected chi connectivity index (χ1v) is 7.60. The number of benzene rings is 2. The summed E-state index contributed by atoms with van der Waals surface area (Å²) in [5, 5.41) is 3.83. The van der Waals surface area contributed by atoms with Gasteiger partial charge in [0.05, 0.1) is 17.6 Å². The van der Waals surface area contributed by atoms with Gasteiger partial charge in [-0.1, -0.05) is 28.1 Å². The SMILES string of the molecule is Nc1ccc2nc(CC(=O)Nc3cccc(Br)c3)ccc2c1. The second-order valence-corrected chi connectivity index (χ2v) is 5.91. The van der Waals surface area contributed by atoms with Crippen LogP contribution in [-0.4, -0.2) is 10.9 Å². The van der Waals surface area contributed by atoms with E-state index >= 15 is 0 Å². The first-order chi connectivity index (χ1) is 10.6. The largest absolute Gasteiger partial charge is 0.399 e. The van der Waals surface area contributed by atoms with Crippen LogP contribution in [-0.2, 0) is 11.2 Å². The molecule has 0 aliphatic carbocycles. The number of fused-ring (bicyclic) bond motifs is 1. The highest BCUT2D eigenvalue weighted by Crippen LogP contribution is 2.18. The van der Waals surface area contributed by atoms with Crippen LogP contribution in [0, 0.1) is 0 Å². The number of nitrogens with one attached hydrogen (secondary N) is 1. The van der Waals surface area contributed by atoms with E-state index in [2.05, 4.69) is 26.2 Å². The lowest BCUT2D eigenvalue weighted by molar-refractivity contribution is -0.115. The number of nitrogens with zero attached hydrogens (tertiary/aromatic N) is 1. The van der Waals surface area contributed by atoms with Crippen LogP contribution in [0.2, 0.25) is 0 Å². The summed E-state index contributed by atoms with van der Waals surface area (Å²) in [6.07, 6.45) is 0.229. The Labute approximate surface area is 136 Å². The first-order valence-electron chi connectivity index (χ1n) is 6.81. The quantitative estimate of drug-likeness (QED) is 0.702. The molecule has 0 saturated heterocycles. The van der Waals surface area contributed by atoms with E-state index in [-0.39, 0.29) is 12.3 Å². The van der Waals surface area contributed by atoms with Gasteiger partial charge in [0.1, 0.15) is 0 Å². The van der Waals surface area contributed by atoms with Crippen molar-refractivity contribution < 1.29 is 4.79 Å². The Morgan fingerprint density at radius 1 is 1.14 bits per heavy atom. The maximum absolute atomic E-state index is 12.1. The summed E-state index contributed by atoms with van der Waals surface area (Å²) in [6.45, 7) is 0. The second kappa shape index (κ2) is 6.15. The molecule has 110 valence electrons. The van der Waals surface area contributed by atoms with Gasteiger partial charge >= 0.3 is 0 Å². The monoisotopic (exact) mass is 355 g/mol. The van der Waals surface area contributed by atoms with Crippen molar-refractivity contribution >= 4 is 44.1 Å². The highest BCUT2D eigenvalue weighted by atomic mass is 79.9. The molecule has 0 unspecified atom stereocenters. The molecule has 1 heterocycles. The number of pyridine rings is 1. The van der Waals surface area contributed by atoms with Crippen molar-refractivity contribution in [2.75, 3.05) is 11.1 Å². The number of hydrogen-bond donors (Lipinski definition) is 2. The van der Waals surface area contributed by atoms with E-state index in [1.165, 1.54) is 0 Å². The number of aromatic nitrogens is 1. The summed E-state index contributed by atoms with van der Waals surface area (Å²) >= 11 is 3.38. The van der Waals surface area contributed by atoms with Crippen molar-refractivity contribution in [1.82, 2.24) is 4.98 Å². The summed E-state index contributed by atoms with van der Waals surface area (Å²) in [5.74, 6) is -0.0969. The number of carbonyl (C=O) groups excluding carboxylic acids is 1. The average Bonchev–Trinajstić information content (AvgIpc) is 2.47. The third-order valence-electron chi connectivity index (χ3n) is 3.22. The Morgan fingerprint density at radius 3 is 2.82 bits per heavy atom. The summed E-state index contributed by atoms with van der Waals surface area (Å²) in [7, 11) is 0. The van der Waals surface area contributed by atoms with Gasteiger partial charge in [0.15, 0.2) is 0 Å². The second-order valence-electron chi connectivity index (χ2n) is 4.99. The lowest BCUT2D eigenvalue weighted by Crippen LogP contribution is -2.15. The molecule has 0 bridgehead atoms. The molecule has 0 atom stereocenters. The average molecular weight is 356 g/mol. The molecule has 0 aliphatic rings. The lowest BCUT2D eigenvalue weighted by Gasteiger charge is -2.06. The molecule has 1 aromatic heterocycles. The Hall–Kier alpha value is -2.40. The molecule has 4 nitrogen and oxygen atoms in total. The Morgan fingerprint density at radius 2 is 2.00 bits per heavy atom. The summed E-state index contributed by atoms with van der Waals surface area (Å²) < 4.78 is 0.923. The molecule has 22 heavy (non-hydrogen) atoms. The number of rotatable bonds is 3. The normalized spacial score (nSPS) is 10.6. The van der Waals surface area contributed by atoms with Gasteiger partial charge in [0.25, 0.3) is 0 Å². The maximum Gasteiger partial charge on any atom is 0.230 e. The molecular formula is C17H14BrN3O. The number of nitrogens with two attached hydrogens (primary N) is 1. The molecule has 2 aromatic carbocycles. The molecule has 0 radical (unpaired) electrons.